The summed E-state index contributed by atoms with van der Waals surface area (Å²) in [6, 6.07) is 10.6. The number of anilines is 1. The maximum atomic E-state index is 5.49. The largest absolute Gasteiger partial charge is 0.337 e. The standard InChI is InChI=1S/C19H26N4O/c1-2-7-13-22(12-6-1)17-11-8-14-23(15-17)19-20-18(24-21-19)16-9-4-3-5-10-16/h3-5,9-10,17H,1-2,6-8,11-15H2. The van der Waals surface area contributed by atoms with E-state index in [0.717, 1.165) is 24.6 Å². The number of benzene rings is 1. The van der Waals surface area contributed by atoms with Crippen molar-refractivity contribution in [3.05, 3.63) is 30.3 Å². The summed E-state index contributed by atoms with van der Waals surface area (Å²) in [5, 5.41) is 4.24. The van der Waals surface area contributed by atoms with Gasteiger partial charge in [0.2, 0.25) is 0 Å². The van der Waals surface area contributed by atoms with Crippen molar-refractivity contribution in [2.45, 2.75) is 44.6 Å². The number of aromatic nitrogens is 2. The predicted molar refractivity (Wildman–Crippen MR) is 95.0 cm³/mol. The molecule has 1 aromatic heterocycles. The highest BCUT2D eigenvalue weighted by Gasteiger charge is 2.28. The molecule has 1 unspecified atom stereocenters. The first-order valence-corrected chi connectivity index (χ1v) is 9.28. The second-order valence-electron chi connectivity index (χ2n) is 6.96. The van der Waals surface area contributed by atoms with E-state index >= 15 is 0 Å². The van der Waals surface area contributed by atoms with Gasteiger partial charge in [0.15, 0.2) is 0 Å². The topological polar surface area (TPSA) is 45.4 Å². The summed E-state index contributed by atoms with van der Waals surface area (Å²) in [5.74, 6) is 1.36. The van der Waals surface area contributed by atoms with E-state index in [0.29, 0.717) is 11.9 Å². The molecule has 0 aliphatic carbocycles. The molecule has 3 heterocycles. The van der Waals surface area contributed by atoms with E-state index in [9.17, 15) is 0 Å². The Hall–Kier alpha value is -1.88. The Balaban J connectivity index is 1.45. The first kappa shape index (κ1) is 15.6. The fourth-order valence-electron chi connectivity index (χ4n) is 3.94. The van der Waals surface area contributed by atoms with Gasteiger partial charge >= 0.3 is 0 Å². The first-order valence-electron chi connectivity index (χ1n) is 9.28. The monoisotopic (exact) mass is 326 g/mol. The van der Waals surface area contributed by atoms with E-state index < -0.39 is 0 Å². The minimum atomic E-state index is 0.613. The Morgan fingerprint density at radius 2 is 1.71 bits per heavy atom. The summed E-state index contributed by atoms with van der Waals surface area (Å²) in [6.07, 6.45) is 7.96. The summed E-state index contributed by atoms with van der Waals surface area (Å²) >= 11 is 0. The molecule has 128 valence electrons. The van der Waals surface area contributed by atoms with Gasteiger partial charge in [0.1, 0.15) is 0 Å². The lowest BCUT2D eigenvalue weighted by Crippen LogP contribution is -2.48. The van der Waals surface area contributed by atoms with E-state index in [1.54, 1.807) is 0 Å². The zero-order valence-corrected chi connectivity index (χ0v) is 14.2. The van der Waals surface area contributed by atoms with Gasteiger partial charge in [-0.25, -0.2) is 0 Å². The average Bonchev–Trinajstić information content (AvgIpc) is 2.98. The van der Waals surface area contributed by atoms with Crippen LogP contribution in [0.25, 0.3) is 11.5 Å². The number of hydrogen-bond donors (Lipinski definition) is 0. The molecule has 1 aromatic carbocycles. The highest BCUT2D eigenvalue weighted by Crippen LogP contribution is 2.25. The molecule has 2 aliphatic rings. The molecule has 4 rings (SSSR count). The second-order valence-corrected chi connectivity index (χ2v) is 6.96. The van der Waals surface area contributed by atoms with E-state index in [1.165, 1.54) is 51.6 Å². The molecule has 0 radical (unpaired) electrons. The van der Waals surface area contributed by atoms with Gasteiger partial charge in [-0.3, -0.25) is 4.90 Å². The van der Waals surface area contributed by atoms with Gasteiger partial charge in [0.05, 0.1) is 0 Å². The third kappa shape index (κ3) is 3.46. The van der Waals surface area contributed by atoms with Gasteiger partial charge in [-0.1, -0.05) is 31.0 Å². The molecule has 2 aromatic rings. The third-order valence-electron chi connectivity index (χ3n) is 5.27. The van der Waals surface area contributed by atoms with Crippen molar-refractivity contribution < 1.29 is 4.52 Å². The van der Waals surface area contributed by atoms with Crippen molar-refractivity contribution in [2.75, 3.05) is 31.1 Å². The van der Waals surface area contributed by atoms with E-state index in [-0.39, 0.29) is 0 Å². The van der Waals surface area contributed by atoms with Crippen LogP contribution >= 0.6 is 0 Å². The number of piperidine rings is 1. The smallest absolute Gasteiger partial charge is 0.266 e. The Kier molecular flexibility index (Phi) is 4.78. The number of hydrogen-bond acceptors (Lipinski definition) is 5. The molecule has 0 amide bonds. The van der Waals surface area contributed by atoms with Crippen molar-refractivity contribution in [2.24, 2.45) is 0 Å². The van der Waals surface area contributed by atoms with Gasteiger partial charge in [0, 0.05) is 24.7 Å². The van der Waals surface area contributed by atoms with Crippen LogP contribution in [0.5, 0.6) is 0 Å². The molecule has 2 aliphatic heterocycles. The van der Waals surface area contributed by atoms with Crippen LogP contribution in [-0.4, -0.2) is 47.3 Å². The zero-order valence-electron chi connectivity index (χ0n) is 14.2. The SMILES string of the molecule is c1ccc(-c2nc(N3CCCC(N4CCCCCC4)C3)no2)cc1. The van der Waals surface area contributed by atoms with Crippen LogP contribution in [0.4, 0.5) is 5.95 Å². The van der Waals surface area contributed by atoms with Crippen LogP contribution in [0.3, 0.4) is 0 Å². The molecule has 5 heteroatoms. The van der Waals surface area contributed by atoms with Crippen LogP contribution < -0.4 is 4.90 Å². The Morgan fingerprint density at radius 1 is 0.917 bits per heavy atom. The normalized spacial score (nSPS) is 23.2. The summed E-state index contributed by atoms with van der Waals surface area (Å²) in [5.41, 5.74) is 0.984. The lowest BCUT2D eigenvalue weighted by Gasteiger charge is -2.38. The molecular weight excluding hydrogens is 300 g/mol. The average molecular weight is 326 g/mol. The Morgan fingerprint density at radius 3 is 2.50 bits per heavy atom. The van der Waals surface area contributed by atoms with E-state index in [2.05, 4.69) is 19.9 Å². The third-order valence-corrected chi connectivity index (χ3v) is 5.27. The molecule has 2 saturated heterocycles. The minimum Gasteiger partial charge on any atom is -0.337 e. The fraction of sp³-hybridized carbons (Fsp3) is 0.579. The van der Waals surface area contributed by atoms with Gasteiger partial charge < -0.3 is 9.42 Å². The second kappa shape index (κ2) is 7.34. The highest BCUT2D eigenvalue weighted by atomic mass is 16.5. The van der Waals surface area contributed by atoms with Crippen molar-refractivity contribution >= 4 is 5.95 Å². The van der Waals surface area contributed by atoms with Crippen molar-refractivity contribution in [1.29, 1.82) is 0 Å². The molecule has 5 nitrogen and oxygen atoms in total. The van der Waals surface area contributed by atoms with Gasteiger partial charge in [-0.2, -0.15) is 4.98 Å². The summed E-state index contributed by atoms with van der Waals surface area (Å²) < 4.78 is 5.49. The minimum absolute atomic E-state index is 0.613. The maximum absolute atomic E-state index is 5.49. The van der Waals surface area contributed by atoms with Gasteiger partial charge in [-0.05, 0) is 56.1 Å². The molecule has 1 atom stereocenters. The van der Waals surface area contributed by atoms with Crippen molar-refractivity contribution in [1.82, 2.24) is 15.0 Å². The zero-order chi connectivity index (χ0) is 16.2. The molecule has 0 N–H and O–H groups in total. The van der Waals surface area contributed by atoms with Crippen molar-refractivity contribution in [3.63, 3.8) is 0 Å². The predicted octanol–water partition coefficient (Wildman–Crippen LogP) is 3.58. The van der Waals surface area contributed by atoms with Gasteiger partial charge in [-0.15, -0.1) is 0 Å². The Labute approximate surface area is 143 Å². The number of rotatable bonds is 3. The highest BCUT2D eigenvalue weighted by molar-refractivity contribution is 5.54. The van der Waals surface area contributed by atoms with Crippen LogP contribution in [0.1, 0.15) is 38.5 Å². The lowest BCUT2D eigenvalue weighted by molar-refractivity contribution is 0.181. The molecule has 2 fully saturated rings. The van der Waals surface area contributed by atoms with E-state index in [1.807, 2.05) is 30.3 Å². The van der Waals surface area contributed by atoms with Crippen LogP contribution in [0.15, 0.2) is 34.9 Å². The molecular formula is C19H26N4O. The number of nitrogens with zero attached hydrogens (tertiary/aromatic N) is 4. The molecule has 0 spiro atoms. The fourth-order valence-corrected chi connectivity index (χ4v) is 3.94. The first-order chi connectivity index (χ1) is 11.9. The van der Waals surface area contributed by atoms with Crippen LogP contribution in [0, 0.1) is 0 Å². The molecule has 24 heavy (non-hydrogen) atoms. The van der Waals surface area contributed by atoms with Crippen molar-refractivity contribution in [3.8, 4) is 11.5 Å². The number of likely N-dealkylation sites (tertiary alicyclic amines) is 1. The molecule has 0 bridgehead atoms. The Bertz CT molecular complexity index is 634. The van der Waals surface area contributed by atoms with Crippen LogP contribution in [0.2, 0.25) is 0 Å². The summed E-state index contributed by atoms with van der Waals surface area (Å²) in [4.78, 5) is 9.62. The quantitative estimate of drug-likeness (QED) is 0.862. The maximum Gasteiger partial charge on any atom is 0.266 e. The molecule has 0 saturated carbocycles. The summed E-state index contributed by atoms with van der Waals surface area (Å²) in [7, 11) is 0. The lowest BCUT2D eigenvalue weighted by atomic mass is 10.0. The summed E-state index contributed by atoms with van der Waals surface area (Å²) in [6.45, 7) is 4.55. The van der Waals surface area contributed by atoms with Gasteiger partial charge in [0.25, 0.3) is 11.8 Å². The van der Waals surface area contributed by atoms with Crippen LogP contribution in [-0.2, 0) is 0 Å². The van der Waals surface area contributed by atoms with E-state index in [4.69, 9.17) is 4.52 Å².